The highest BCUT2D eigenvalue weighted by molar-refractivity contribution is 7.99. The molecule has 0 fully saturated rings. The number of halogens is 2. The SMILES string of the molecule is CC(=O)Nc1ccc(NC(=O)COC(=O)c2ccc(SC(F)F)cc2)cc1. The Labute approximate surface area is 158 Å². The Hall–Kier alpha value is -2.94. The molecule has 0 saturated heterocycles. The molecule has 0 aromatic heterocycles. The van der Waals surface area contributed by atoms with Gasteiger partial charge in [0.25, 0.3) is 11.7 Å². The third kappa shape index (κ3) is 7.06. The molecule has 142 valence electrons. The zero-order valence-corrected chi connectivity index (χ0v) is 15.0. The number of rotatable bonds is 7. The Kier molecular flexibility index (Phi) is 7.30. The predicted molar refractivity (Wildman–Crippen MR) is 98.0 cm³/mol. The van der Waals surface area contributed by atoms with Crippen LogP contribution in [0.4, 0.5) is 20.2 Å². The van der Waals surface area contributed by atoms with E-state index in [4.69, 9.17) is 4.74 Å². The largest absolute Gasteiger partial charge is 0.452 e. The van der Waals surface area contributed by atoms with Gasteiger partial charge in [0.1, 0.15) is 0 Å². The molecule has 2 N–H and O–H groups in total. The van der Waals surface area contributed by atoms with Crippen LogP contribution in [0.2, 0.25) is 0 Å². The van der Waals surface area contributed by atoms with Crippen LogP contribution >= 0.6 is 11.8 Å². The molecule has 9 heteroatoms. The van der Waals surface area contributed by atoms with Crippen molar-refractivity contribution in [3.8, 4) is 0 Å². The fourth-order valence-corrected chi connectivity index (χ4v) is 2.52. The number of benzene rings is 2. The molecule has 0 unspecified atom stereocenters. The lowest BCUT2D eigenvalue weighted by atomic mass is 10.2. The smallest absolute Gasteiger partial charge is 0.338 e. The van der Waals surface area contributed by atoms with Gasteiger partial charge >= 0.3 is 5.97 Å². The van der Waals surface area contributed by atoms with Crippen LogP contribution in [-0.2, 0) is 14.3 Å². The summed E-state index contributed by atoms with van der Waals surface area (Å²) in [5.74, 6) is -4.03. The van der Waals surface area contributed by atoms with Crippen LogP contribution in [0.15, 0.2) is 53.4 Å². The van der Waals surface area contributed by atoms with E-state index in [2.05, 4.69) is 10.6 Å². The van der Waals surface area contributed by atoms with Crippen molar-refractivity contribution in [2.45, 2.75) is 17.6 Å². The monoisotopic (exact) mass is 394 g/mol. The molecule has 2 aromatic carbocycles. The molecule has 2 rings (SSSR count). The summed E-state index contributed by atoms with van der Waals surface area (Å²) in [5, 5.41) is 5.14. The highest BCUT2D eigenvalue weighted by atomic mass is 32.2. The Morgan fingerprint density at radius 2 is 1.52 bits per heavy atom. The number of nitrogens with one attached hydrogen (secondary N) is 2. The van der Waals surface area contributed by atoms with Gasteiger partial charge in [-0.2, -0.15) is 8.78 Å². The molecule has 0 saturated carbocycles. The van der Waals surface area contributed by atoms with Gasteiger partial charge in [-0.05, 0) is 48.5 Å². The number of carbonyl (C=O) groups is 3. The Morgan fingerprint density at radius 3 is 2.04 bits per heavy atom. The number of esters is 1. The van der Waals surface area contributed by atoms with Crippen molar-refractivity contribution < 1.29 is 27.9 Å². The molecular formula is C18H16F2N2O4S. The third-order valence-corrected chi connectivity index (χ3v) is 3.86. The minimum absolute atomic E-state index is 0.154. The minimum atomic E-state index is -2.54. The molecule has 0 aliphatic carbocycles. The van der Waals surface area contributed by atoms with Gasteiger partial charge in [-0.15, -0.1) is 0 Å². The normalized spacial score (nSPS) is 10.4. The highest BCUT2D eigenvalue weighted by Crippen LogP contribution is 2.25. The van der Waals surface area contributed by atoms with Gasteiger partial charge in [-0.25, -0.2) is 4.79 Å². The van der Waals surface area contributed by atoms with Gasteiger partial charge in [0.05, 0.1) is 5.56 Å². The molecule has 2 aromatic rings. The van der Waals surface area contributed by atoms with Crippen LogP contribution in [0.3, 0.4) is 0 Å². The molecule has 0 bridgehead atoms. The zero-order valence-electron chi connectivity index (χ0n) is 14.2. The van der Waals surface area contributed by atoms with Gasteiger partial charge in [-0.1, -0.05) is 11.8 Å². The summed E-state index contributed by atoms with van der Waals surface area (Å²) >= 11 is 0.370. The van der Waals surface area contributed by atoms with Crippen LogP contribution in [0.25, 0.3) is 0 Å². The first-order valence-corrected chi connectivity index (χ1v) is 8.61. The highest BCUT2D eigenvalue weighted by Gasteiger charge is 2.12. The van der Waals surface area contributed by atoms with Crippen molar-refractivity contribution in [2.24, 2.45) is 0 Å². The van der Waals surface area contributed by atoms with E-state index in [1.54, 1.807) is 24.3 Å². The van der Waals surface area contributed by atoms with Crippen LogP contribution in [0, 0.1) is 0 Å². The third-order valence-electron chi connectivity index (χ3n) is 3.14. The zero-order chi connectivity index (χ0) is 19.8. The molecule has 6 nitrogen and oxygen atoms in total. The minimum Gasteiger partial charge on any atom is -0.452 e. The van der Waals surface area contributed by atoms with E-state index in [0.29, 0.717) is 28.0 Å². The number of carbonyl (C=O) groups excluding carboxylic acids is 3. The molecule has 2 amide bonds. The van der Waals surface area contributed by atoms with Gasteiger partial charge < -0.3 is 15.4 Å². The van der Waals surface area contributed by atoms with E-state index < -0.39 is 24.2 Å². The van der Waals surface area contributed by atoms with E-state index in [1.165, 1.54) is 31.2 Å². The maximum atomic E-state index is 12.3. The number of amides is 2. The van der Waals surface area contributed by atoms with Crippen molar-refractivity contribution in [3.63, 3.8) is 0 Å². The Balaban J connectivity index is 1.82. The summed E-state index contributed by atoms with van der Waals surface area (Å²) in [6, 6.07) is 11.9. The van der Waals surface area contributed by atoms with Crippen molar-refractivity contribution >= 4 is 40.9 Å². The Morgan fingerprint density at radius 1 is 0.963 bits per heavy atom. The second-order valence-corrected chi connectivity index (χ2v) is 6.35. The van der Waals surface area contributed by atoms with E-state index in [0.717, 1.165) is 0 Å². The molecule has 0 atom stereocenters. The predicted octanol–water partition coefficient (Wildman–Crippen LogP) is 3.76. The first-order chi connectivity index (χ1) is 12.8. The fourth-order valence-electron chi connectivity index (χ4n) is 2.02. The van der Waals surface area contributed by atoms with Crippen LogP contribution in [-0.4, -0.2) is 30.1 Å². The summed E-state index contributed by atoms with van der Waals surface area (Å²) in [5.41, 5.74) is 1.21. The first kappa shape index (κ1) is 20.4. The lowest BCUT2D eigenvalue weighted by Crippen LogP contribution is -2.20. The van der Waals surface area contributed by atoms with Crippen LogP contribution < -0.4 is 10.6 Å². The number of hydrogen-bond acceptors (Lipinski definition) is 5. The molecule has 0 aliphatic heterocycles. The molecule has 0 heterocycles. The number of alkyl halides is 2. The average molecular weight is 394 g/mol. The molecule has 0 radical (unpaired) electrons. The summed E-state index contributed by atoms with van der Waals surface area (Å²) in [7, 11) is 0. The summed E-state index contributed by atoms with van der Waals surface area (Å²) in [4.78, 5) is 35.0. The fraction of sp³-hybridized carbons (Fsp3) is 0.167. The van der Waals surface area contributed by atoms with E-state index in [-0.39, 0.29) is 11.5 Å². The topological polar surface area (TPSA) is 84.5 Å². The summed E-state index contributed by atoms with van der Waals surface area (Å²) in [6.45, 7) is 0.884. The van der Waals surface area contributed by atoms with Gasteiger partial charge in [0.15, 0.2) is 6.61 Å². The van der Waals surface area contributed by atoms with E-state index >= 15 is 0 Å². The number of ether oxygens (including phenoxy) is 1. The lowest BCUT2D eigenvalue weighted by Gasteiger charge is -2.08. The Bertz CT molecular complexity index is 811. The van der Waals surface area contributed by atoms with Crippen LogP contribution in [0.5, 0.6) is 0 Å². The quantitative estimate of drug-likeness (QED) is 0.552. The molecule has 0 aliphatic rings. The summed E-state index contributed by atoms with van der Waals surface area (Å²) < 4.78 is 29.4. The average Bonchev–Trinajstić information content (AvgIpc) is 2.61. The summed E-state index contributed by atoms with van der Waals surface area (Å²) in [6.07, 6.45) is 0. The van der Waals surface area contributed by atoms with Crippen molar-refractivity contribution in [1.82, 2.24) is 0 Å². The van der Waals surface area contributed by atoms with Gasteiger partial charge in [0, 0.05) is 23.2 Å². The maximum absolute atomic E-state index is 12.3. The number of anilines is 2. The number of thioether (sulfide) groups is 1. The standard InChI is InChI=1S/C18H16F2N2O4S/c1-11(23)21-13-4-6-14(7-5-13)22-16(24)10-26-17(25)12-2-8-15(9-3-12)27-18(19)20/h2-9,18H,10H2,1H3,(H,21,23)(H,22,24). The van der Waals surface area contributed by atoms with E-state index in [1.807, 2.05) is 0 Å². The molecular weight excluding hydrogens is 378 g/mol. The van der Waals surface area contributed by atoms with Crippen molar-refractivity contribution in [2.75, 3.05) is 17.2 Å². The van der Waals surface area contributed by atoms with Crippen molar-refractivity contribution in [3.05, 3.63) is 54.1 Å². The molecule has 27 heavy (non-hydrogen) atoms. The van der Waals surface area contributed by atoms with Crippen molar-refractivity contribution in [1.29, 1.82) is 0 Å². The second-order valence-electron chi connectivity index (χ2n) is 5.29. The second kappa shape index (κ2) is 9.67. The molecule has 0 spiro atoms. The van der Waals surface area contributed by atoms with Gasteiger partial charge in [-0.3, -0.25) is 9.59 Å². The lowest BCUT2D eigenvalue weighted by molar-refractivity contribution is -0.119. The number of hydrogen-bond donors (Lipinski definition) is 2. The van der Waals surface area contributed by atoms with Gasteiger partial charge in [0.2, 0.25) is 5.91 Å². The van der Waals surface area contributed by atoms with Crippen LogP contribution in [0.1, 0.15) is 17.3 Å². The maximum Gasteiger partial charge on any atom is 0.338 e. The first-order valence-electron chi connectivity index (χ1n) is 7.73. The van der Waals surface area contributed by atoms with E-state index in [9.17, 15) is 23.2 Å².